The maximum absolute atomic E-state index is 9.23. The number of aliphatic hydroxyl groups is 4. The standard InChI is InChI=1S/C6H13NO6/c7-13-6-5(11)4(10)3(9)2(1-8)12-6/h2-6,8-11H,1,7H2/t2?,3-,4+,5?,6+/m1/s1. The molecule has 2 unspecified atom stereocenters. The van der Waals surface area contributed by atoms with Gasteiger partial charge in [0.25, 0.3) is 0 Å². The van der Waals surface area contributed by atoms with Crippen molar-refractivity contribution in [1.82, 2.24) is 0 Å². The van der Waals surface area contributed by atoms with Crippen molar-refractivity contribution in [3.63, 3.8) is 0 Å². The van der Waals surface area contributed by atoms with Crippen LogP contribution in [-0.4, -0.2) is 57.7 Å². The summed E-state index contributed by atoms with van der Waals surface area (Å²) in [4.78, 5) is 4.20. The van der Waals surface area contributed by atoms with Gasteiger partial charge in [-0.25, -0.2) is 5.90 Å². The van der Waals surface area contributed by atoms with Crippen LogP contribution in [0.1, 0.15) is 0 Å². The molecule has 0 saturated carbocycles. The first kappa shape index (κ1) is 10.8. The molecule has 6 N–H and O–H groups in total. The molecule has 1 rings (SSSR count). The van der Waals surface area contributed by atoms with Crippen LogP contribution in [0.5, 0.6) is 0 Å². The molecule has 0 bridgehead atoms. The van der Waals surface area contributed by atoms with E-state index in [9.17, 15) is 15.3 Å². The summed E-state index contributed by atoms with van der Waals surface area (Å²) in [7, 11) is 0. The summed E-state index contributed by atoms with van der Waals surface area (Å²) in [6, 6.07) is 0. The zero-order valence-corrected chi connectivity index (χ0v) is 6.78. The van der Waals surface area contributed by atoms with Gasteiger partial charge in [-0.15, -0.1) is 0 Å². The summed E-state index contributed by atoms with van der Waals surface area (Å²) in [6.07, 6.45) is -6.48. The molecular formula is C6H13NO6. The Labute approximate surface area is 74.3 Å². The van der Waals surface area contributed by atoms with Crippen LogP contribution in [0.2, 0.25) is 0 Å². The van der Waals surface area contributed by atoms with E-state index < -0.39 is 37.3 Å². The van der Waals surface area contributed by atoms with Crippen LogP contribution in [0.3, 0.4) is 0 Å². The highest BCUT2D eigenvalue weighted by atomic mass is 16.8. The molecule has 0 radical (unpaired) electrons. The molecule has 13 heavy (non-hydrogen) atoms. The van der Waals surface area contributed by atoms with Gasteiger partial charge in [0.05, 0.1) is 6.61 Å². The third-order valence-electron chi connectivity index (χ3n) is 1.98. The Kier molecular flexibility index (Phi) is 3.56. The summed E-state index contributed by atoms with van der Waals surface area (Å²) in [5.74, 6) is 4.76. The van der Waals surface area contributed by atoms with E-state index in [2.05, 4.69) is 4.84 Å². The van der Waals surface area contributed by atoms with Crippen LogP contribution in [0.4, 0.5) is 0 Å². The van der Waals surface area contributed by atoms with Crippen LogP contribution in [0.15, 0.2) is 0 Å². The van der Waals surface area contributed by atoms with Crippen molar-refractivity contribution in [2.24, 2.45) is 5.90 Å². The molecule has 1 fully saturated rings. The van der Waals surface area contributed by atoms with Gasteiger partial charge in [0.15, 0.2) is 0 Å². The average molecular weight is 195 g/mol. The Morgan fingerprint density at radius 3 is 2.23 bits per heavy atom. The van der Waals surface area contributed by atoms with Gasteiger partial charge in [-0.05, 0) is 0 Å². The molecule has 1 aliphatic heterocycles. The van der Waals surface area contributed by atoms with Crippen molar-refractivity contribution in [1.29, 1.82) is 0 Å². The van der Waals surface area contributed by atoms with Crippen molar-refractivity contribution in [2.45, 2.75) is 30.7 Å². The molecule has 0 aromatic rings. The molecule has 7 heteroatoms. The van der Waals surface area contributed by atoms with Crippen LogP contribution < -0.4 is 5.90 Å². The lowest BCUT2D eigenvalue weighted by Crippen LogP contribution is -2.59. The summed E-state index contributed by atoms with van der Waals surface area (Å²) < 4.78 is 4.82. The zero-order chi connectivity index (χ0) is 10.0. The molecule has 1 saturated heterocycles. The molecule has 0 spiro atoms. The second-order valence-corrected chi connectivity index (χ2v) is 2.83. The summed E-state index contributed by atoms with van der Waals surface area (Å²) in [6.45, 7) is -0.495. The quantitative estimate of drug-likeness (QED) is 0.292. The first-order valence-electron chi connectivity index (χ1n) is 3.78. The normalized spacial score (nSPS) is 46.4. The molecule has 0 amide bonds. The van der Waals surface area contributed by atoms with Crippen LogP contribution >= 0.6 is 0 Å². The highest BCUT2D eigenvalue weighted by Crippen LogP contribution is 2.20. The van der Waals surface area contributed by atoms with Crippen molar-refractivity contribution < 1.29 is 30.0 Å². The van der Waals surface area contributed by atoms with Gasteiger partial charge >= 0.3 is 0 Å². The number of aliphatic hydroxyl groups excluding tert-OH is 4. The van der Waals surface area contributed by atoms with Gasteiger partial charge in [-0.3, -0.25) is 4.84 Å². The topological polar surface area (TPSA) is 125 Å². The van der Waals surface area contributed by atoms with Crippen molar-refractivity contribution in [2.75, 3.05) is 6.61 Å². The van der Waals surface area contributed by atoms with E-state index in [1.807, 2.05) is 0 Å². The minimum atomic E-state index is -1.44. The third-order valence-corrected chi connectivity index (χ3v) is 1.98. The number of ether oxygens (including phenoxy) is 1. The second kappa shape index (κ2) is 4.29. The average Bonchev–Trinajstić information content (AvgIpc) is 2.15. The fourth-order valence-corrected chi connectivity index (χ4v) is 1.18. The predicted molar refractivity (Wildman–Crippen MR) is 39.0 cm³/mol. The van der Waals surface area contributed by atoms with E-state index in [0.717, 1.165) is 0 Å². The van der Waals surface area contributed by atoms with Crippen molar-refractivity contribution >= 4 is 0 Å². The van der Waals surface area contributed by atoms with E-state index in [1.165, 1.54) is 0 Å². The van der Waals surface area contributed by atoms with Gasteiger partial charge in [0.1, 0.15) is 24.4 Å². The lowest BCUT2D eigenvalue weighted by Gasteiger charge is -2.38. The van der Waals surface area contributed by atoms with Gasteiger partial charge < -0.3 is 25.2 Å². The maximum Gasteiger partial charge on any atom is 0.206 e. The minimum Gasteiger partial charge on any atom is -0.394 e. The van der Waals surface area contributed by atoms with E-state index in [1.54, 1.807) is 0 Å². The van der Waals surface area contributed by atoms with Gasteiger partial charge in [0.2, 0.25) is 6.29 Å². The molecule has 78 valence electrons. The number of hydrogen-bond acceptors (Lipinski definition) is 7. The van der Waals surface area contributed by atoms with Crippen molar-refractivity contribution in [3.8, 4) is 0 Å². The summed E-state index contributed by atoms with van der Waals surface area (Å²) in [5.41, 5.74) is 0. The largest absolute Gasteiger partial charge is 0.394 e. The number of hydrogen-bond donors (Lipinski definition) is 5. The minimum absolute atomic E-state index is 0.495. The second-order valence-electron chi connectivity index (χ2n) is 2.83. The van der Waals surface area contributed by atoms with E-state index in [-0.39, 0.29) is 0 Å². The Morgan fingerprint density at radius 1 is 1.15 bits per heavy atom. The Hall–Kier alpha value is -0.280. The monoisotopic (exact) mass is 195 g/mol. The fourth-order valence-electron chi connectivity index (χ4n) is 1.18. The molecule has 0 aromatic carbocycles. The van der Waals surface area contributed by atoms with Crippen molar-refractivity contribution in [3.05, 3.63) is 0 Å². The fraction of sp³-hybridized carbons (Fsp3) is 1.00. The summed E-state index contributed by atoms with van der Waals surface area (Å²) in [5, 5.41) is 36.4. The van der Waals surface area contributed by atoms with Gasteiger partial charge in [-0.2, -0.15) is 0 Å². The maximum atomic E-state index is 9.23. The first-order valence-corrected chi connectivity index (χ1v) is 3.78. The Morgan fingerprint density at radius 2 is 1.77 bits per heavy atom. The van der Waals surface area contributed by atoms with Crippen LogP contribution in [0.25, 0.3) is 0 Å². The molecule has 0 aromatic heterocycles. The van der Waals surface area contributed by atoms with Gasteiger partial charge in [0, 0.05) is 0 Å². The molecule has 1 aliphatic rings. The zero-order valence-electron chi connectivity index (χ0n) is 6.78. The van der Waals surface area contributed by atoms with E-state index >= 15 is 0 Å². The van der Waals surface area contributed by atoms with Crippen LogP contribution in [-0.2, 0) is 9.57 Å². The highest BCUT2D eigenvalue weighted by Gasteiger charge is 2.43. The smallest absolute Gasteiger partial charge is 0.206 e. The lowest BCUT2D eigenvalue weighted by molar-refractivity contribution is -0.302. The number of nitrogens with two attached hydrogens (primary N) is 1. The van der Waals surface area contributed by atoms with Gasteiger partial charge in [-0.1, -0.05) is 0 Å². The Balaban J connectivity index is 2.66. The first-order chi connectivity index (χ1) is 6.11. The number of rotatable bonds is 2. The third kappa shape index (κ3) is 1.97. The molecule has 0 aliphatic carbocycles. The van der Waals surface area contributed by atoms with Crippen LogP contribution in [0, 0.1) is 0 Å². The SMILES string of the molecule is NO[C@@H]1OC(CO)[C@@H](O)[C@H](O)C1O. The molecule has 1 heterocycles. The van der Waals surface area contributed by atoms with E-state index in [4.69, 9.17) is 15.7 Å². The molecular weight excluding hydrogens is 182 g/mol. The molecule has 5 atom stereocenters. The Bertz CT molecular complexity index is 147. The highest BCUT2D eigenvalue weighted by molar-refractivity contribution is 4.88. The summed E-state index contributed by atoms with van der Waals surface area (Å²) >= 11 is 0. The lowest BCUT2D eigenvalue weighted by atomic mass is 9.99. The predicted octanol–water partition coefficient (Wildman–Crippen LogP) is -3.32. The molecule has 7 nitrogen and oxygen atoms in total. The van der Waals surface area contributed by atoms with E-state index in [0.29, 0.717) is 0 Å².